The molecule has 30 heavy (non-hydrogen) atoms. The molecule has 1 heterocycles. The van der Waals surface area contributed by atoms with Crippen molar-refractivity contribution in [1.82, 2.24) is 4.57 Å². The summed E-state index contributed by atoms with van der Waals surface area (Å²) in [6, 6.07) is 19.0. The Bertz CT molecular complexity index is 1130. The van der Waals surface area contributed by atoms with Crippen molar-refractivity contribution in [2.75, 3.05) is 5.32 Å². The number of aromatic nitrogens is 1. The second-order valence-corrected chi connectivity index (χ2v) is 6.98. The van der Waals surface area contributed by atoms with Gasteiger partial charge in [-0.05, 0) is 54.0 Å². The molecular weight excluding hydrogens is 380 g/mol. The molecule has 0 unspecified atom stereocenters. The summed E-state index contributed by atoms with van der Waals surface area (Å²) in [5.41, 5.74) is 2.99. The second-order valence-electron chi connectivity index (χ2n) is 6.98. The summed E-state index contributed by atoms with van der Waals surface area (Å²) in [4.78, 5) is 22.9. The Kier molecular flexibility index (Phi) is 6.08. The maximum Gasteiger partial charge on any atom is 0.269 e. The Hall–Kier alpha value is -4.18. The van der Waals surface area contributed by atoms with Gasteiger partial charge in [0.25, 0.3) is 11.6 Å². The highest BCUT2D eigenvalue weighted by Gasteiger charge is 2.12. The number of hydrogen-bond donors (Lipinski definition) is 1. The van der Waals surface area contributed by atoms with Crippen LogP contribution in [-0.2, 0) is 4.79 Å². The van der Waals surface area contributed by atoms with Crippen molar-refractivity contribution in [3.63, 3.8) is 0 Å². The minimum Gasteiger partial charge on any atom is -0.321 e. The molecule has 0 aliphatic heterocycles. The third kappa shape index (κ3) is 4.62. The minimum absolute atomic E-state index is 0.0106. The summed E-state index contributed by atoms with van der Waals surface area (Å²) >= 11 is 0. The molecule has 0 fully saturated rings. The van der Waals surface area contributed by atoms with E-state index in [1.807, 2.05) is 30.3 Å². The van der Waals surface area contributed by atoms with Gasteiger partial charge in [0.1, 0.15) is 11.6 Å². The number of amides is 1. The van der Waals surface area contributed by atoms with Gasteiger partial charge < -0.3 is 9.88 Å². The smallest absolute Gasteiger partial charge is 0.269 e. The first kappa shape index (κ1) is 20.6. The lowest BCUT2D eigenvalue weighted by molar-refractivity contribution is -0.384. The molecule has 3 aromatic rings. The fraction of sp³-hybridized carbons (Fsp3) is 0.130. The van der Waals surface area contributed by atoms with Gasteiger partial charge >= 0.3 is 0 Å². The maximum atomic E-state index is 12.6. The number of anilines is 1. The van der Waals surface area contributed by atoms with Crippen LogP contribution in [0.25, 0.3) is 11.8 Å². The van der Waals surface area contributed by atoms with Crippen LogP contribution >= 0.6 is 0 Å². The molecule has 150 valence electrons. The van der Waals surface area contributed by atoms with Gasteiger partial charge in [0, 0.05) is 35.4 Å². The van der Waals surface area contributed by atoms with Gasteiger partial charge in [-0.2, -0.15) is 5.26 Å². The average molecular weight is 400 g/mol. The molecule has 0 saturated carbocycles. The number of nitro groups is 1. The lowest BCUT2D eigenvalue weighted by Gasteiger charge is -2.09. The topological polar surface area (TPSA) is 101 Å². The molecule has 0 radical (unpaired) electrons. The number of nitrogens with zero attached hydrogens (tertiary/aromatic N) is 3. The Balaban J connectivity index is 1.83. The van der Waals surface area contributed by atoms with E-state index in [2.05, 4.69) is 19.2 Å². The van der Waals surface area contributed by atoms with Crippen LogP contribution in [0.15, 0.2) is 72.4 Å². The zero-order valence-electron chi connectivity index (χ0n) is 16.6. The number of benzene rings is 2. The molecule has 1 N–H and O–H groups in total. The van der Waals surface area contributed by atoms with E-state index in [1.54, 1.807) is 35.0 Å². The molecule has 3 rings (SSSR count). The number of carbonyl (C=O) groups excluding carboxylic acids is 1. The number of nitriles is 1. The molecule has 0 aliphatic rings. The van der Waals surface area contributed by atoms with Crippen LogP contribution in [0, 0.1) is 21.4 Å². The quantitative estimate of drug-likeness (QED) is 0.271. The first-order valence-corrected chi connectivity index (χ1v) is 9.34. The van der Waals surface area contributed by atoms with Gasteiger partial charge in [-0.15, -0.1) is 0 Å². The molecule has 2 aromatic carbocycles. The number of nitrogens with one attached hydrogen (secondary N) is 1. The third-order valence-electron chi connectivity index (χ3n) is 4.61. The van der Waals surface area contributed by atoms with Gasteiger partial charge in [-0.1, -0.05) is 26.0 Å². The molecular formula is C23H20N4O3. The molecule has 0 saturated heterocycles. The van der Waals surface area contributed by atoms with Crippen molar-refractivity contribution in [2.24, 2.45) is 0 Å². The lowest BCUT2D eigenvalue weighted by atomic mass is 10.0. The summed E-state index contributed by atoms with van der Waals surface area (Å²) in [6.45, 7) is 4.17. The van der Waals surface area contributed by atoms with E-state index in [4.69, 9.17) is 0 Å². The molecule has 0 aliphatic carbocycles. The number of nitro benzene ring substituents is 1. The first-order chi connectivity index (χ1) is 14.4. The SMILES string of the molecule is CC(C)c1ccc(NC(=O)/C(C#N)=C/c2cccn2-c2ccc([N+](=O)[O-])cc2)cc1. The van der Waals surface area contributed by atoms with Crippen LogP contribution in [-0.4, -0.2) is 15.4 Å². The van der Waals surface area contributed by atoms with E-state index in [1.165, 1.54) is 18.2 Å². The predicted molar refractivity (Wildman–Crippen MR) is 115 cm³/mol. The van der Waals surface area contributed by atoms with Crippen molar-refractivity contribution in [2.45, 2.75) is 19.8 Å². The normalized spacial score (nSPS) is 11.2. The van der Waals surface area contributed by atoms with E-state index in [-0.39, 0.29) is 11.3 Å². The van der Waals surface area contributed by atoms with Crippen molar-refractivity contribution in [1.29, 1.82) is 5.26 Å². The molecule has 0 bridgehead atoms. The van der Waals surface area contributed by atoms with E-state index in [0.717, 1.165) is 5.56 Å². The Morgan fingerprint density at radius 1 is 1.13 bits per heavy atom. The molecule has 0 atom stereocenters. The van der Waals surface area contributed by atoms with Crippen LogP contribution in [0.4, 0.5) is 11.4 Å². The highest BCUT2D eigenvalue weighted by molar-refractivity contribution is 6.09. The highest BCUT2D eigenvalue weighted by Crippen LogP contribution is 2.20. The van der Waals surface area contributed by atoms with Gasteiger partial charge in [0.15, 0.2) is 0 Å². The van der Waals surface area contributed by atoms with Crippen LogP contribution in [0.3, 0.4) is 0 Å². The average Bonchev–Trinajstić information content (AvgIpc) is 3.20. The summed E-state index contributed by atoms with van der Waals surface area (Å²) in [7, 11) is 0. The first-order valence-electron chi connectivity index (χ1n) is 9.34. The highest BCUT2D eigenvalue weighted by atomic mass is 16.6. The second kappa shape index (κ2) is 8.88. The predicted octanol–water partition coefficient (Wildman–Crippen LogP) is 5.05. The van der Waals surface area contributed by atoms with Crippen LogP contribution < -0.4 is 5.32 Å². The Labute approximate surface area is 174 Å². The van der Waals surface area contributed by atoms with Crippen LogP contribution in [0.1, 0.15) is 31.0 Å². The number of carbonyl (C=O) groups is 1. The van der Waals surface area contributed by atoms with Crippen molar-refractivity contribution < 1.29 is 9.72 Å². The van der Waals surface area contributed by atoms with Gasteiger partial charge in [-0.25, -0.2) is 0 Å². The minimum atomic E-state index is -0.508. The Morgan fingerprint density at radius 3 is 2.37 bits per heavy atom. The fourth-order valence-corrected chi connectivity index (χ4v) is 2.93. The Morgan fingerprint density at radius 2 is 1.80 bits per heavy atom. The number of hydrogen-bond acceptors (Lipinski definition) is 4. The molecule has 7 heteroatoms. The summed E-state index contributed by atoms with van der Waals surface area (Å²) in [5.74, 6) is -0.122. The zero-order chi connectivity index (χ0) is 21.7. The van der Waals surface area contributed by atoms with Crippen LogP contribution in [0.2, 0.25) is 0 Å². The van der Waals surface area contributed by atoms with E-state index in [9.17, 15) is 20.2 Å². The van der Waals surface area contributed by atoms with Crippen molar-refractivity contribution >= 4 is 23.4 Å². The third-order valence-corrected chi connectivity index (χ3v) is 4.61. The summed E-state index contributed by atoms with van der Waals surface area (Å²) < 4.78 is 1.74. The standard InChI is InChI=1S/C23H20N4O3/c1-16(2)17-5-7-19(8-6-17)25-23(28)18(15-24)14-22-4-3-13-26(22)20-9-11-21(12-10-20)27(29)30/h3-14,16H,1-2H3,(H,25,28)/b18-14+. The maximum absolute atomic E-state index is 12.6. The fourth-order valence-electron chi connectivity index (χ4n) is 2.93. The number of non-ortho nitro benzene ring substituents is 1. The van der Waals surface area contributed by atoms with Gasteiger partial charge in [0.05, 0.1) is 4.92 Å². The molecule has 1 aromatic heterocycles. The van der Waals surface area contributed by atoms with Crippen molar-refractivity contribution in [3.05, 3.63) is 93.8 Å². The largest absolute Gasteiger partial charge is 0.321 e. The monoisotopic (exact) mass is 400 g/mol. The van der Waals surface area contributed by atoms with Gasteiger partial charge in [0.2, 0.25) is 0 Å². The van der Waals surface area contributed by atoms with Crippen molar-refractivity contribution in [3.8, 4) is 11.8 Å². The van der Waals surface area contributed by atoms with E-state index < -0.39 is 10.8 Å². The van der Waals surface area contributed by atoms with E-state index >= 15 is 0 Å². The van der Waals surface area contributed by atoms with Gasteiger partial charge in [-0.3, -0.25) is 14.9 Å². The zero-order valence-corrected chi connectivity index (χ0v) is 16.6. The molecule has 0 spiro atoms. The summed E-state index contributed by atoms with van der Waals surface area (Å²) in [6.07, 6.45) is 3.24. The number of rotatable bonds is 6. The van der Waals surface area contributed by atoms with E-state index in [0.29, 0.717) is 23.0 Å². The lowest BCUT2D eigenvalue weighted by Crippen LogP contribution is -2.13. The summed E-state index contributed by atoms with van der Waals surface area (Å²) in [5, 5.41) is 23.1. The van der Waals surface area contributed by atoms with Crippen LogP contribution in [0.5, 0.6) is 0 Å². The molecule has 1 amide bonds. The molecule has 7 nitrogen and oxygen atoms in total.